The lowest BCUT2D eigenvalue weighted by atomic mass is 10.3. The second-order valence-corrected chi connectivity index (χ2v) is 5.93. The number of carbonyl (C=O) groups is 1. The highest BCUT2D eigenvalue weighted by atomic mass is 16.2. The van der Waals surface area contributed by atoms with E-state index in [-0.39, 0.29) is 6.03 Å². The Morgan fingerprint density at radius 3 is 2.43 bits per heavy atom. The third kappa shape index (κ3) is 4.63. The van der Waals surface area contributed by atoms with Gasteiger partial charge in [-0.2, -0.15) is 0 Å². The Bertz CT molecular complexity index is 464. The van der Waals surface area contributed by atoms with Crippen LogP contribution in [-0.2, 0) is 0 Å². The van der Waals surface area contributed by atoms with Crippen molar-refractivity contribution in [1.29, 1.82) is 0 Å². The maximum atomic E-state index is 11.8. The molecular weight excluding hydrogens is 264 g/mol. The summed E-state index contributed by atoms with van der Waals surface area (Å²) in [5.41, 5.74) is 1.95. The summed E-state index contributed by atoms with van der Waals surface area (Å²) in [5, 5.41) is 9.20. The van der Waals surface area contributed by atoms with Crippen molar-refractivity contribution in [1.82, 2.24) is 10.2 Å². The van der Waals surface area contributed by atoms with E-state index in [0.717, 1.165) is 17.9 Å². The molecule has 0 radical (unpaired) electrons. The molecule has 2 amide bonds. The first-order valence-electron chi connectivity index (χ1n) is 7.93. The molecule has 114 valence electrons. The van der Waals surface area contributed by atoms with E-state index in [1.54, 1.807) is 0 Å². The highest BCUT2D eigenvalue weighted by Crippen LogP contribution is 2.25. The number of hydrogen-bond donors (Lipinski definition) is 3. The number of amides is 2. The minimum Gasteiger partial charge on any atom is -0.382 e. The molecule has 0 bridgehead atoms. The highest BCUT2D eigenvalue weighted by Gasteiger charge is 2.20. The van der Waals surface area contributed by atoms with Crippen LogP contribution >= 0.6 is 0 Å². The number of rotatable bonds is 6. The van der Waals surface area contributed by atoms with Crippen LogP contribution in [0, 0.1) is 0 Å². The van der Waals surface area contributed by atoms with Gasteiger partial charge in [0.15, 0.2) is 0 Å². The molecule has 1 saturated heterocycles. The maximum Gasteiger partial charge on any atom is 0.319 e. The Labute approximate surface area is 126 Å². The molecule has 1 heterocycles. The Balaban J connectivity index is 1.37. The van der Waals surface area contributed by atoms with Gasteiger partial charge < -0.3 is 20.9 Å². The van der Waals surface area contributed by atoms with Crippen molar-refractivity contribution in [2.45, 2.75) is 31.7 Å². The summed E-state index contributed by atoms with van der Waals surface area (Å²) in [5.74, 6) is 0. The Morgan fingerprint density at radius 2 is 1.76 bits per heavy atom. The summed E-state index contributed by atoms with van der Waals surface area (Å²) in [6.07, 6.45) is 5.10. The van der Waals surface area contributed by atoms with E-state index in [1.165, 1.54) is 38.8 Å². The van der Waals surface area contributed by atoms with Crippen LogP contribution in [0.25, 0.3) is 0 Å². The fourth-order valence-electron chi connectivity index (χ4n) is 2.62. The van der Waals surface area contributed by atoms with Gasteiger partial charge in [-0.1, -0.05) is 0 Å². The minimum absolute atomic E-state index is 0.128. The lowest BCUT2D eigenvalue weighted by Gasteiger charge is -2.15. The average molecular weight is 288 g/mol. The molecule has 21 heavy (non-hydrogen) atoms. The van der Waals surface area contributed by atoms with Crippen molar-refractivity contribution >= 4 is 17.4 Å². The predicted molar refractivity (Wildman–Crippen MR) is 85.8 cm³/mol. The van der Waals surface area contributed by atoms with Gasteiger partial charge >= 0.3 is 6.03 Å². The van der Waals surface area contributed by atoms with E-state index in [2.05, 4.69) is 20.9 Å². The predicted octanol–water partition coefficient (Wildman–Crippen LogP) is 2.48. The fraction of sp³-hybridized carbons (Fsp3) is 0.562. The van der Waals surface area contributed by atoms with E-state index in [4.69, 9.17) is 0 Å². The zero-order valence-corrected chi connectivity index (χ0v) is 12.4. The third-order valence-corrected chi connectivity index (χ3v) is 4.00. The summed E-state index contributed by atoms with van der Waals surface area (Å²) >= 11 is 0. The van der Waals surface area contributed by atoms with Gasteiger partial charge in [-0.05, 0) is 63.0 Å². The van der Waals surface area contributed by atoms with Crippen LogP contribution in [0.15, 0.2) is 24.3 Å². The van der Waals surface area contributed by atoms with Gasteiger partial charge in [0, 0.05) is 30.5 Å². The standard InChI is InChI=1S/C16H24N4O/c21-16(17-9-12-20-10-1-2-11-20)19-15-7-5-14(6-8-15)18-13-3-4-13/h5-8,13,18H,1-4,9-12H2,(H2,17,19,21). The number of nitrogens with zero attached hydrogens (tertiary/aromatic N) is 1. The molecule has 1 aromatic rings. The van der Waals surface area contributed by atoms with Crippen molar-refractivity contribution in [3.05, 3.63) is 24.3 Å². The van der Waals surface area contributed by atoms with Crippen LogP contribution in [0.1, 0.15) is 25.7 Å². The molecule has 1 aliphatic heterocycles. The zero-order valence-electron chi connectivity index (χ0n) is 12.4. The van der Waals surface area contributed by atoms with Crippen LogP contribution in [0.2, 0.25) is 0 Å². The summed E-state index contributed by atoms with van der Waals surface area (Å²) < 4.78 is 0. The number of nitrogens with one attached hydrogen (secondary N) is 3. The molecule has 3 rings (SSSR count). The van der Waals surface area contributed by atoms with Crippen molar-refractivity contribution in [2.24, 2.45) is 0 Å². The lowest BCUT2D eigenvalue weighted by Crippen LogP contribution is -2.35. The molecule has 2 fully saturated rings. The van der Waals surface area contributed by atoms with Crippen LogP contribution in [0.4, 0.5) is 16.2 Å². The van der Waals surface area contributed by atoms with E-state index >= 15 is 0 Å². The number of carbonyl (C=O) groups excluding carboxylic acids is 1. The number of urea groups is 1. The number of hydrogen-bond acceptors (Lipinski definition) is 3. The lowest BCUT2D eigenvalue weighted by molar-refractivity contribution is 0.249. The van der Waals surface area contributed by atoms with Crippen LogP contribution in [0.3, 0.4) is 0 Å². The summed E-state index contributed by atoms with van der Waals surface area (Å²) in [7, 11) is 0. The molecule has 1 aromatic carbocycles. The molecular formula is C16H24N4O. The molecule has 0 unspecified atom stereocenters. The van der Waals surface area contributed by atoms with Gasteiger partial charge in [0.25, 0.3) is 0 Å². The summed E-state index contributed by atoms with van der Waals surface area (Å²) in [4.78, 5) is 14.2. The largest absolute Gasteiger partial charge is 0.382 e. The fourth-order valence-corrected chi connectivity index (χ4v) is 2.62. The summed E-state index contributed by atoms with van der Waals surface area (Å²) in [6, 6.07) is 8.42. The van der Waals surface area contributed by atoms with E-state index in [9.17, 15) is 4.79 Å². The van der Waals surface area contributed by atoms with Crippen molar-refractivity contribution < 1.29 is 4.79 Å². The molecule has 1 aliphatic carbocycles. The second kappa shape index (κ2) is 6.80. The maximum absolute atomic E-state index is 11.8. The van der Waals surface area contributed by atoms with Gasteiger partial charge in [0.2, 0.25) is 0 Å². The normalized spacial score (nSPS) is 18.5. The first-order chi connectivity index (χ1) is 10.3. The molecule has 0 atom stereocenters. The number of anilines is 2. The minimum atomic E-state index is -0.128. The first-order valence-corrected chi connectivity index (χ1v) is 7.93. The monoisotopic (exact) mass is 288 g/mol. The Kier molecular flexibility index (Phi) is 4.60. The molecule has 0 spiro atoms. The van der Waals surface area contributed by atoms with Crippen molar-refractivity contribution in [2.75, 3.05) is 36.8 Å². The van der Waals surface area contributed by atoms with Crippen molar-refractivity contribution in [3.63, 3.8) is 0 Å². The molecule has 2 aliphatic rings. The van der Waals surface area contributed by atoms with E-state index in [0.29, 0.717) is 12.6 Å². The van der Waals surface area contributed by atoms with Gasteiger partial charge in [0.1, 0.15) is 0 Å². The molecule has 5 nitrogen and oxygen atoms in total. The SMILES string of the molecule is O=C(NCCN1CCCC1)Nc1ccc(NC2CC2)cc1. The first kappa shape index (κ1) is 14.2. The molecule has 5 heteroatoms. The van der Waals surface area contributed by atoms with Gasteiger partial charge in [0.05, 0.1) is 0 Å². The Hall–Kier alpha value is -1.75. The molecule has 1 saturated carbocycles. The van der Waals surface area contributed by atoms with E-state index in [1.807, 2.05) is 24.3 Å². The second-order valence-electron chi connectivity index (χ2n) is 5.93. The topological polar surface area (TPSA) is 56.4 Å². The Morgan fingerprint density at radius 1 is 1.10 bits per heavy atom. The molecule has 0 aromatic heterocycles. The van der Waals surface area contributed by atoms with Crippen LogP contribution < -0.4 is 16.0 Å². The summed E-state index contributed by atoms with van der Waals surface area (Å²) in [6.45, 7) is 3.97. The number of benzene rings is 1. The third-order valence-electron chi connectivity index (χ3n) is 4.00. The van der Waals surface area contributed by atoms with Crippen LogP contribution in [0.5, 0.6) is 0 Å². The van der Waals surface area contributed by atoms with Crippen molar-refractivity contribution in [3.8, 4) is 0 Å². The van der Waals surface area contributed by atoms with Gasteiger partial charge in [-0.25, -0.2) is 4.79 Å². The smallest absolute Gasteiger partial charge is 0.319 e. The zero-order chi connectivity index (χ0) is 14.5. The average Bonchev–Trinajstić information content (AvgIpc) is 3.14. The van der Waals surface area contributed by atoms with Crippen LogP contribution in [-0.4, -0.2) is 43.2 Å². The molecule has 3 N–H and O–H groups in total. The van der Waals surface area contributed by atoms with Gasteiger partial charge in [-0.3, -0.25) is 0 Å². The quantitative estimate of drug-likeness (QED) is 0.754. The highest BCUT2D eigenvalue weighted by molar-refractivity contribution is 5.89. The van der Waals surface area contributed by atoms with E-state index < -0.39 is 0 Å². The van der Waals surface area contributed by atoms with Gasteiger partial charge in [-0.15, -0.1) is 0 Å². The number of likely N-dealkylation sites (tertiary alicyclic amines) is 1.